The predicted molar refractivity (Wildman–Crippen MR) is 94.0 cm³/mol. The number of hydrogen-bond acceptors (Lipinski definition) is 5. The molecule has 3 rings (SSSR count). The van der Waals surface area contributed by atoms with Crippen molar-refractivity contribution in [1.82, 2.24) is 20.2 Å². The van der Waals surface area contributed by atoms with Crippen LogP contribution in [-0.4, -0.2) is 26.1 Å². The number of amides is 1. The van der Waals surface area contributed by atoms with E-state index < -0.39 is 5.82 Å². The van der Waals surface area contributed by atoms with Crippen molar-refractivity contribution < 1.29 is 13.6 Å². The maximum Gasteiger partial charge on any atom is 0.224 e. The fraction of sp³-hybridized carbons (Fsp3) is 0.333. The molecule has 2 heterocycles. The van der Waals surface area contributed by atoms with Crippen LogP contribution in [0.2, 0.25) is 0 Å². The zero-order chi connectivity index (χ0) is 18.7. The Morgan fingerprint density at radius 3 is 2.77 bits per heavy atom. The van der Waals surface area contributed by atoms with Crippen LogP contribution in [0.25, 0.3) is 11.4 Å². The first-order valence-corrected chi connectivity index (χ1v) is 8.37. The average molecular weight is 357 g/mol. The van der Waals surface area contributed by atoms with Gasteiger partial charge in [-0.05, 0) is 61.5 Å². The third-order valence-corrected chi connectivity index (χ3v) is 3.87. The molecule has 0 radical (unpaired) electrons. The van der Waals surface area contributed by atoms with E-state index in [0.29, 0.717) is 17.9 Å². The first-order chi connectivity index (χ1) is 12.4. The lowest BCUT2D eigenvalue weighted by Crippen LogP contribution is -2.12. The fourth-order valence-corrected chi connectivity index (χ4v) is 2.57. The zero-order valence-corrected chi connectivity index (χ0v) is 14.9. The maximum atomic E-state index is 14.5. The second kappa shape index (κ2) is 7.47. The second-order valence-corrected chi connectivity index (χ2v) is 6.30. The number of rotatable bonds is 6. The third kappa shape index (κ3) is 3.96. The molecule has 2 aromatic heterocycles. The van der Waals surface area contributed by atoms with Gasteiger partial charge in [0.05, 0.1) is 11.6 Å². The first-order valence-electron chi connectivity index (χ1n) is 8.37. The van der Waals surface area contributed by atoms with Crippen molar-refractivity contribution in [3.8, 4) is 11.4 Å². The minimum atomic E-state index is -0.499. The van der Waals surface area contributed by atoms with E-state index in [1.165, 1.54) is 6.07 Å². The highest BCUT2D eigenvalue weighted by Crippen LogP contribution is 2.25. The average Bonchev–Trinajstić information content (AvgIpc) is 3.22. The summed E-state index contributed by atoms with van der Waals surface area (Å²) in [5.41, 5.74) is 0.670. The van der Waals surface area contributed by atoms with Crippen LogP contribution >= 0.6 is 0 Å². The monoisotopic (exact) mass is 357 g/mol. The molecule has 0 aliphatic carbocycles. The summed E-state index contributed by atoms with van der Waals surface area (Å²) in [5, 5.41) is 14.1. The Kier molecular flexibility index (Phi) is 5.11. The maximum absolute atomic E-state index is 14.5. The van der Waals surface area contributed by atoms with Gasteiger partial charge in [0, 0.05) is 18.5 Å². The molecular formula is C18H20FN5O2. The molecule has 0 fully saturated rings. The molecule has 0 unspecified atom stereocenters. The number of furan rings is 1. The molecule has 0 aliphatic rings. The van der Waals surface area contributed by atoms with Gasteiger partial charge < -0.3 is 9.73 Å². The van der Waals surface area contributed by atoms with Gasteiger partial charge in [-0.1, -0.05) is 0 Å². The summed E-state index contributed by atoms with van der Waals surface area (Å²) in [6.07, 6.45) is 0.741. The zero-order valence-electron chi connectivity index (χ0n) is 14.9. The summed E-state index contributed by atoms with van der Waals surface area (Å²) in [7, 11) is 0. The molecule has 0 aliphatic heterocycles. The van der Waals surface area contributed by atoms with Crippen molar-refractivity contribution in [3.63, 3.8) is 0 Å². The molecule has 0 atom stereocenters. The van der Waals surface area contributed by atoms with Crippen LogP contribution in [0, 0.1) is 12.7 Å². The summed E-state index contributed by atoms with van der Waals surface area (Å²) < 4.78 is 21.5. The van der Waals surface area contributed by atoms with E-state index in [4.69, 9.17) is 4.42 Å². The number of tetrazole rings is 1. The lowest BCUT2D eigenvalue weighted by Gasteiger charge is -2.10. The Morgan fingerprint density at radius 1 is 1.31 bits per heavy atom. The van der Waals surface area contributed by atoms with Crippen LogP contribution in [0.4, 0.5) is 10.1 Å². The van der Waals surface area contributed by atoms with Crippen LogP contribution in [0.1, 0.15) is 37.8 Å². The van der Waals surface area contributed by atoms with E-state index in [1.807, 2.05) is 32.9 Å². The molecule has 1 amide bonds. The largest absolute Gasteiger partial charge is 0.466 e. The van der Waals surface area contributed by atoms with Crippen molar-refractivity contribution in [2.75, 3.05) is 5.32 Å². The standard InChI is InChI=1S/C18H20FN5O2/c1-11(2)24-18(21-22-23-24)15-8-5-13(10-16(15)19)20-17(25)9-7-14-6-4-12(3)26-14/h4-6,8,10-11H,7,9H2,1-3H3,(H,20,25). The van der Waals surface area contributed by atoms with Gasteiger partial charge in [0.25, 0.3) is 0 Å². The number of anilines is 1. The highest BCUT2D eigenvalue weighted by molar-refractivity contribution is 5.91. The Bertz CT molecular complexity index is 916. The topological polar surface area (TPSA) is 85.8 Å². The lowest BCUT2D eigenvalue weighted by molar-refractivity contribution is -0.116. The van der Waals surface area contributed by atoms with Gasteiger partial charge in [-0.15, -0.1) is 5.10 Å². The normalized spacial score (nSPS) is 11.1. The lowest BCUT2D eigenvalue weighted by atomic mass is 10.1. The van der Waals surface area contributed by atoms with E-state index in [0.717, 1.165) is 11.5 Å². The van der Waals surface area contributed by atoms with Gasteiger partial charge in [0.1, 0.15) is 17.3 Å². The highest BCUT2D eigenvalue weighted by Gasteiger charge is 2.16. The molecule has 0 bridgehead atoms. The molecule has 26 heavy (non-hydrogen) atoms. The predicted octanol–water partition coefficient (Wildman–Crippen LogP) is 3.53. The quantitative estimate of drug-likeness (QED) is 0.729. The molecule has 0 saturated carbocycles. The summed E-state index contributed by atoms with van der Waals surface area (Å²) in [5.74, 6) is 1.20. The Morgan fingerprint density at radius 2 is 2.12 bits per heavy atom. The molecule has 3 aromatic rings. The summed E-state index contributed by atoms with van der Waals surface area (Å²) >= 11 is 0. The Balaban J connectivity index is 1.67. The molecule has 0 spiro atoms. The Labute approximate surface area is 150 Å². The fourth-order valence-electron chi connectivity index (χ4n) is 2.57. The number of nitrogens with one attached hydrogen (secondary N) is 1. The van der Waals surface area contributed by atoms with Gasteiger partial charge >= 0.3 is 0 Å². The van der Waals surface area contributed by atoms with Crippen molar-refractivity contribution in [1.29, 1.82) is 0 Å². The number of benzene rings is 1. The van der Waals surface area contributed by atoms with E-state index >= 15 is 0 Å². The molecule has 1 aromatic carbocycles. The van der Waals surface area contributed by atoms with E-state index in [9.17, 15) is 9.18 Å². The number of aromatic nitrogens is 4. The Hall–Kier alpha value is -3.03. The smallest absolute Gasteiger partial charge is 0.224 e. The van der Waals surface area contributed by atoms with Crippen LogP contribution in [0.15, 0.2) is 34.7 Å². The van der Waals surface area contributed by atoms with Crippen LogP contribution in [-0.2, 0) is 11.2 Å². The summed E-state index contributed by atoms with van der Waals surface area (Å²) in [6, 6.07) is 8.16. The minimum Gasteiger partial charge on any atom is -0.466 e. The first kappa shape index (κ1) is 17.8. The molecule has 1 N–H and O–H groups in total. The van der Waals surface area contributed by atoms with Crippen molar-refractivity contribution in [2.45, 2.75) is 39.7 Å². The molecule has 8 heteroatoms. The summed E-state index contributed by atoms with van der Waals surface area (Å²) in [6.45, 7) is 5.67. The van der Waals surface area contributed by atoms with Crippen molar-refractivity contribution in [3.05, 3.63) is 47.7 Å². The number of nitrogens with zero attached hydrogens (tertiary/aromatic N) is 4. The van der Waals surface area contributed by atoms with Gasteiger partial charge in [-0.2, -0.15) is 0 Å². The van der Waals surface area contributed by atoms with Gasteiger partial charge in [0.15, 0.2) is 5.82 Å². The SMILES string of the molecule is Cc1ccc(CCC(=O)Nc2ccc(-c3nnnn3C(C)C)c(F)c2)o1. The van der Waals surface area contributed by atoms with E-state index in [-0.39, 0.29) is 23.9 Å². The highest BCUT2D eigenvalue weighted by atomic mass is 19.1. The van der Waals surface area contributed by atoms with Gasteiger partial charge in [-0.25, -0.2) is 9.07 Å². The molecule has 7 nitrogen and oxygen atoms in total. The van der Waals surface area contributed by atoms with Gasteiger partial charge in [-0.3, -0.25) is 4.79 Å². The number of halogens is 1. The van der Waals surface area contributed by atoms with Crippen LogP contribution in [0.5, 0.6) is 0 Å². The third-order valence-electron chi connectivity index (χ3n) is 3.87. The number of hydrogen-bond donors (Lipinski definition) is 1. The molecule has 136 valence electrons. The van der Waals surface area contributed by atoms with Crippen molar-refractivity contribution in [2.24, 2.45) is 0 Å². The van der Waals surface area contributed by atoms with Crippen LogP contribution in [0.3, 0.4) is 0 Å². The number of aryl methyl sites for hydroxylation is 2. The van der Waals surface area contributed by atoms with Crippen LogP contribution < -0.4 is 5.32 Å². The van der Waals surface area contributed by atoms with E-state index in [2.05, 4.69) is 20.8 Å². The van der Waals surface area contributed by atoms with Crippen molar-refractivity contribution >= 4 is 11.6 Å². The second-order valence-electron chi connectivity index (χ2n) is 6.30. The number of carbonyl (C=O) groups is 1. The molecule has 0 saturated heterocycles. The van der Waals surface area contributed by atoms with Gasteiger partial charge in [0.2, 0.25) is 5.91 Å². The minimum absolute atomic E-state index is 0.00372. The van der Waals surface area contributed by atoms with E-state index in [1.54, 1.807) is 16.8 Å². The molecular weight excluding hydrogens is 337 g/mol. The summed E-state index contributed by atoms with van der Waals surface area (Å²) in [4.78, 5) is 12.0. The number of carbonyl (C=O) groups excluding carboxylic acids is 1.